The van der Waals surface area contributed by atoms with E-state index in [0.717, 1.165) is 24.0 Å². The smallest absolute Gasteiger partial charge is 0.280 e. The Morgan fingerprint density at radius 3 is 2.31 bits per heavy atom. The maximum absolute atomic E-state index is 13.0. The molecule has 3 rings (SSSR count). The SMILES string of the molecule is Cc1ccc(S(=O)(=O)N2CC[NH+]([C@@H](C)C(=O)N(C)C3CCCCC3)CC2)cc1C. The summed E-state index contributed by atoms with van der Waals surface area (Å²) in [5.74, 6) is 0.192. The Hall–Kier alpha value is -1.44. The number of piperazine rings is 1. The maximum atomic E-state index is 13.0. The molecule has 1 aromatic rings. The third-order valence-corrected chi connectivity index (χ3v) is 8.83. The number of carbonyl (C=O) groups excluding carboxylic acids is 1. The lowest BCUT2D eigenvalue weighted by Crippen LogP contribution is -3.19. The number of quaternary nitrogens is 1. The van der Waals surface area contributed by atoms with E-state index >= 15 is 0 Å². The van der Waals surface area contributed by atoms with Crippen LogP contribution >= 0.6 is 0 Å². The Bertz CT molecular complexity index is 826. The van der Waals surface area contributed by atoms with Crippen molar-refractivity contribution in [3.63, 3.8) is 0 Å². The first-order chi connectivity index (χ1) is 13.7. The molecule has 0 spiro atoms. The zero-order valence-electron chi connectivity index (χ0n) is 18.3. The summed E-state index contributed by atoms with van der Waals surface area (Å²) in [5.41, 5.74) is 2.08. The molecule has 6 nitrogen and oxygen atoms in total. The van der Waals surface area contributed by atoms with Crippen LogP contribution in [0.1, 0.15) is 50.2 Å². The van der Waals surface area contributed by atoms with Gasteiger partial charge in [-0.25, -0.2) is 8.42 Å². The number of nitrogens with one attached hydrogen (secondary N) is 1. The zero-order valence-corrected chi connectivity index (χ0v) is 19.1. The van der Waals surface area contributed by atoms with Gasteiger partial charge in [-0.05, 0) is 56.9 Å². The lowest BCUT2D eigenvalue weighted by atomic mass is 9.94. The Labute approximate surface area is 175 Å². The topological polar surface area (TPSA) is 62.1 Å². The molecular weight excluding hydrogens is 386 g/mol. The van der Waals surface area contributed by atoms with Crippen molar-refractivity contribution in [2.45, 2.75) is 69.9 Å². The molecule has 0 bridgehead atoms. The molecule has 1 aromatic carbocycles. The van der Waals surface area contributed by atoms with Crippen LogP contribution in [-0.2, 0) is 14.8 Å². The number of nitrogens with zero attached hydrogens (tertiary/aromatic N) is 2. The molecule has 2 fully saturated rings. The molecule has 0 radical (unpaired) electrons. The highest BCUT2D eigenvalue weighted by atomic mass is 32.2. The largest absolute Gasteiger partial charge is 0.338 e. The van der Waals surface area contributed by atoms with Crippen LogP contribution in [0.25, 0.3) is 0 Å². The molecule has 0 aromatic heterocycles. The fourth-order valence-corrected chi connectivity index (χ4v) is 6.13. The van der Waals surface area contributed by atoms with Gasteiger partial charge in [0.25, 0.3) is 5.91 Å². The van der Waals surface area contributed by atoms with E-state index in [1.54, 1.807) is 16.4 Å². The van der Waals surface area contributed by atoms with E-state index in [0.29, 0.717) is 37.1 Å². The van der Waals surface area contributed by atoms with Gasteiger partial charge in [0.2, 0.25) is 10.0 Å². The van der Waals surface area contributed by atoms with Crippen molar-refractivity contribution < 1.29 is 18.1 Å². The van der Waals surface area contributed by atoms with Crippen LogP contribution in [-0.4, -0.2) is 68.8 Å². The summed E-state index contributed by atoms with van der Waals surface area (Å²) in [5, 5.41) is 0. The van der Waals surface area contributed by atoms with Crippen LogP contribution in [0.4, 0.5) is 0 Å². The minimum Gasteiger partial charge on any atom is -0.338 e. The highest BCUT2D eigenvalue weighted by molar-refractivity contribution is 7.89. The average Bonchev–Trinajstić information content (AvgIpc) is 2.74. The third kappa shape index (κ3) is 4.84. The fraction of sp³-hybridized carbons (Fsp3) is 0.682. The number of rotatable bonds is 5. The Morgan fingerprint density at radius 2 is 1.72 bits per heavy atom. The molecule has 1 amide bonds. The molecule has 0 unspecified atom stereocenters. The van der Waals surface area contributed by atoms with E-state index < -0.39 is 10.0 Å². The zero-order chi connectivity index (χ0) is 21.2. The van der Waals surface area contributed by atoms with Gasteiger partial charge in [0, 0.05) is 13.1 Å². The van der Waals surface area contributed by atoms with Gasteiger partial charge in [0.05, 0.1) is 31.1 Å². The average molecular weight is 423 g/mol. The number of benzene rings is 1. The van der Waals surface area contributed by atoms with Gasteiger partial charge in [0.15, 0.2) is 6.04 Å². The summed E-state index contributed by atoms with van der Waals surface area (Å²) >= 11 is 0. The summed E-state index contributed by atoms with van der Waals surface area (Å²) in [6.45, 7) is 8.14. The van der Waals surface area contributed by atoms with Crippen molar-refractivity contribution in [2.24, 2.45) is 0 Å². The number of hydrogen-bond acceptors (Lipinski definition) is 3. The van der Waals surface area contributed by atoms with Crippen LogP contribution < -0.4 is 4.90 Å². The monoisotopic (exact) mass is 422 g/mol. The predicted molar refractivity (Wildman–Crippen MR) is 114 cm³/mol. The van der Waals surface area contributed by atoms with E-state index in [2.05, 4.69) is 0 Å². The quantitative estimate of drug-likeness (QED) is 0.780. The molecule has 7 heteroatoms. The van der Waals surface area contributed by atoms with Gasteiger partial charge in [-0.15, -0.1) is 0 Å². The first kappa shape index (κ1) is 22.2. The maximum Gasteiger partial charge on any atom is 0.280 e. The summed E-state index contributed by atoms with van der Waals surface area (Å²) in [6.07, 6.45) is 5.89. The molecule has 1 aliphatic heterocycles. The molecule has 162 valence electrons. The van der Waals surface area contributed by atoms with Gasteiger partial charge in [-0.3, -0.25) is 4.79 Å². The second-order valence-corrected chi connectivity index (χ2v) is 10.7. The van der Waals surface area contributed by atoms with Crippen LogP contribution in [0.3, 0.4) is 0 Å². The Morgan fingerprint density at radius 1 is 1.10 bits per heavy atom. The molecule has 1 N–H and O–H groups in total. The van der Waals surface area contributed by atoms with Crippen LogP contribution in [0.2, 0.25) is 0 Å². The number of hydrogen-bond donors (Lipinski definition) is 1. The molecule has 1 saturated carbocycles. The van der Waals surface area contributed by atoms with Crippen molar-refractivity contribution in [3.8, 4) is 0 Å². The molecule has 1 aliphatic carbocycles. The van der Waals surface area contributed by atoms with Gasteiger partial charge in [0.1, 0.15) is 0 Å². The van der Waals surface area contributed by atoms with E-state index in [1.165, 1.54) is 24.2 Å². The Kier molecular flexibility index (Phi) is 7.02. The summed E-state index contributed by atoms with van der Waals surface area (Å²) in [4.78, 5) is 16.5. The van der Waals surface area contributed by atoms with Crippen molar-refractivity contribution >= 4 is 15.9 Å². The van der Waals surface area contributed by atoms with Crippen molar-refractivity contribution in [1.29, 1.82) is 0 Å². The van der Waals surface area contributed by atoms with Crippen molar-refractivity contribution in [3.05, 3.63) is 29.3 Å². The van der Waals surface area contributed by atoms with Gasteiger partial charge in [-0.2, -0.15) is 4.31 Å². The lowest BCUT2D eigenvalue weighted by Gasteiger charge is -2.37. The Balaban J connectivity index is 1.60. The number of aryl methyl sites for hydroxylation is 2. The molecule has 1 atom stereocenters. The summed E-state index contributed by atoms with van der Waals surface area (Å²) < 4.78 is 27.6. The van der Waals surface area contributed by atoms with Crippen LogP contribution in [0, 0.1) is 13.8 Å². The second-order valence-electron chi connectivity index (χ2n) is 8.77. The van der Waals surface area contributed by atoms with E-state index in [9.17, 15) is 13.2 Å². The molecule has 2 aliphatic rings. The van der Waals surface area contributed by atoms with Crippen molar-refractivity contribution in [1.82, 2.24) is 9.21 Å². The summed E-state index contributed by atoms with van der Waals surface area (Å²) in [6, 6.07) is 5.56. The van der Waals surface area contributed by atoms with Gasteiger partial charge >= 0.3 is 0 Å². The minimum absolute atomic E-state index is 0.131. The van der Waals surface area contributed by atoms with Gasteiger partial charge in [-0.1, -0.05) is 25.3 Å². The van der Waals surface area contributed by atoms with Crippen molar-refractivity contribution in [2.75, 3.05) is 33.2 Å². The van der Waals surface area contributed by atoms with E-state index in [4.69, 9.17) is 0 Å². The number of likely N-dealkylation sites (N-methyl/N-ethyl adjacent to an activating group) is 1. The van der Waals surface area contributed by atoms with E-state index in [-0.39, 0.29) is 11.9 Å². The normalized spacial score (nSPS) is 21.1. The second kappa shape index (κ2) is 9.14. The van der Waals surface area contributed by atoms with Crippen LogP contribution in [0.5, 0.6) is 0 Å². The standard InChI is InChI=1S/C22H35N3O3S/c1-17-10-11-21(16-18(17)2)29(27,28)25-14-12-24(13-15-25)19(3)22(26)23(4)20-8-6-5-7-9-20/h10-11,16,19-20H,5-9,12-15H2,1-4H3/p+1/t19-/m0/s1. The molecule has 29 heavy (non-hydrogen) atoms. The molecular formula is C22H36N3O3S+. The third-order valence-electron chi connectivity index (χ3n) is 6.93. The number of sulfonamides is 1. The molecule has 1 saturated heterocycles. The van der Waals surface area contributed by atoms with E-state index in [1.807, 2.05) is 38.8 Å². The highest BCUT2D eigenvalue weighted by Gasteiger charge is 2.36. The van der Waals surface area contributed by atoms with Crippen LogP contribution in [0.15, 0.2) is 23.1 Å². The first-order valence-corrected chi connectivity index (χ1v) is 12.3. The lowest BCUT2D eigenvalue weighted by molar-refractivity contribution is -0.918. The van der Waals surface area contributed by atoms with Gasteiger partial charge < -0.3 is 9.80 Å². The predicted octanol–water partition coefficient (Wildman–Crippen LogP) is 1.37. The summed E-state index contributed by atoms with van der Waals surface area (Å²) in [7, 11) is -1.54. The minimum atomic E-state index is -3.48. The molecule has 1 heterocycles. The highest BCUT2D eigenvalue weighted by Crippen LogP contribution is 2.22. The fourth-order valence-electron chi connectivity index (χ4n) is 4.60. The number of carbonyl (C=O) groups is 1. The number of amides is 1. The first-order valence-electron chi connectivity index (χ1n) is 10.9.